The molecule has 2 aliphatic rings. The zero-order valence-corrected chi connectivity index (χ0v) is 18.8. The first-order chi connectivity index (χ1) is 13.6. The van der Waals surface area contributed by atoms with Gasteiger partial charge < -0.3 is 4.74 Å². The van der Waals surface area contributed by atoms with Crippen LogP contribution >= 0.6 is 18.5 Å². The number of amides is 2. The van der Waals surface area contributed by atoms with Gasteiger partial charge in [0.2, 0.25) is 0 Å². The first-order valence-corrected chi connectivity index (χ1v) is 12.7. The zero-order chi connectivity index (χ0) is 21.5. The molecule has 1 heterocycles. The molecule has 5 nitrogen and oxygen atoms in total. The summed E-state index contributed by atoms with van der Waals surface area (Å²) in [7, 11) is 1.33. The lowest BCUT2D eigenvalue weighted by molar-refractivity contribution is -0.135. The number of anilines is 1. The number of esters is 1. The van der Waals surface area contributed by atoms with Gasteiger partial charge in [-0.25, -0.2) is 9.69 Å². The molecule has 1 aliphatic carbocycles. The molecule has 0 unspecified atom stereocenters. The van der Waals surface area contributed by atoms with E-state index in [0.717, 1.165) is 18.4 Å². The zero-order valence-electron chi connectivity index (χ0n) is 17.2. The molecule has 1 aromatic rings. The van der Waals surface area contributed by atoms with Gasteiger partial charge in [-0.15, -0.1) is 0 Å². The molecule has 0 bridgehead atoms. The number of hydrogen-bond donors (Lipinski definition) is 0. The third-order valence-corrected chi connectivity index (χ3v) is 7.23. The molecule has 1 aliphatic heterocycles. The largest absolute Gasteiger partial charge is 0.465 e. The van der Waals surface area contributed by atoms with E-state index >= 15 is 0 Å². The number of nitrogens with zero attached hydrogens (tertiary/aromatic N) is 1. The third-order valence-electron chi connectivity index (χ3n) is 5.29. The third kappa shape index (κ3) is 3.99. The van der Waals surface area contributed by atoms with E-state index in [2.05, 4.69) is 6.30 Å². The van der Waals surface area contributed by atoms with Gasteiger partial charge >= 0.3 is 5.97 Å². The number of carbonyl (C=O) groups is 3. The van der Waals surface area contributed by atoms with E-state index in [1.807, 2.05) is 20.3 Å². The van der Waals surface area contributed by atoms with Crippen molar-refractivity contribution < 1.29 is 19.1 Å². The van der Waals surface area contributed by atoms with Crippen LogP contribution in [0.15, 0.2) is 28.6 Å². The van der Waals surface area contributed by atoms with Crippen molar-refractivity contribution in [1.29, 1.82) is 0 Å². The van der Waals surface area contributed by atoms with E-state index in [0.29, 0.717) is 45.6 Å². The summed E-state index contributed by atoms with van der Waals surface area (Å²) in [5.41, 5.74) is 3.03. The molecule has 7 heteroatoms. The molecular formula is C22H25ClNO4P. The van der Waals surface area contributed by atoms with Crippen molar-refractivity contribution in [1.82, 2.24) is 0 Å². The van der Waals surface area contributed by atoms with Crippen molar-refractivity contribution in [3.8, 4) is 0 Å². The van der Waals surface area contributed by atoms with Crippen LogP contribution in [0, 0.1) is 6.92 Å². The molecular weight excluding hydrogens is 409 g/mol. The van der Waals surface area contributed by atoms with E-state index in [-0.39, 0.29) is 11.8 Å². The standard InChI is InChI=1S/C22H25ClNO4P/c1-13-10-17(23)14(12-19(22(27)28-2)29(3,4)5)11-18(13)24-20(25)15-8-6-7-9-16(15)21(24)26/h10-12H,3,6-9H2,1-2,4-5H3/b19-12+. The Morgan fingerprint density at radius 3 is 2.21 bits per heavy atom. The van der Waals surface area contributed by atoms with Gasteiger partial charge in [-0.3, -0.25) is 9.59 Å². The monoisotopic (exact) mass is 433 g/mol. The Kier molecular flexibility index (Phi) is 5.93. The number of imide groups is 1. The van der Waals surface area contributed by atoms with Gasteiger partial charge in [-0.2, -0.15) is 0 Å². The van der Waals surface area contributed by atoms with Gasteiger partial charge in [0.1, 0.15) is 0 Å². The molecule has 1 aromatic carbocycles. The molecule has 0 saturated heterocycles. The fourth-order valence-electron chi connectivity index (χ4n) is 3.72. The second kappa shape index (κ2) is 7.97. The molecule has 3 rings (SSSR count). The number of carbonyl (C=O) groups excluding carboxylic acids is 3. The van der Waals surface area contributed by atoms with Crippen molar-refractivity contribution in [2.24, 2.45) is 0 Å². The van der Waals surface area contributed by atoms with Crippen LogP contribution in [0.25, 0.3) is 6.08 Å². The van der Waals surface area contributed by atoms with E-state index in [1.54, 1.807) is 18.2 Å². The number of hydrogen-bond acceptors (Lipinski definition) is 4. The molecule has 29 heavy (non-hydrogen) atoms. The average molecular weight is 434 g/mol. The van der Waals surface area contributed by atoms with Gasteiger partial charge in [0.05, 0.1) is 18.1 Å². The first-order valence-electron chi connectivity index (χ1n) is 9.46. The Balaban J connectivity index is 2.11. The van der Waals surface area contributed by atoms with E-state index in [9.17, 15) is 14.4 Å². The van der Waals surface area contributed by atoms with E-state index < -0.39 is 12.9 Å². The van der Waals surface area contributed by atoms with E-state index in [4.69, 9.17) is 16.3 Å². The Bertz CT molecular complexity index is 1000. The summed E-state index contributed by atoms with van der Waals surface area (Å²) in [6.07, 6.45) is 8.92. The molecule has 0 fully saturated rings. The molecule has 0 N–H and O–H groups in total. The highest BCUT2D eigenvalue weighted by molar-refractivity contribution is 7.77. The second-order valence-electron chi connectivity index (χ2n) is 7.98. The lowest BCUT2D eigenvalue weighted by Gasteiger charge is -2.20. The van der Waals surface area contributed by atoms with Crippen LogP contribution in [0.3, 0.4) is 0 Å². The minimum Gasteiger partial charge on any atom is -0.465 e. The summed E-state index contributed by atoms with van der Waals surface area (Å²) in [6.45, 7) is 3.67. The van der Waals surface area contributed by atoms with Crippen LogP contribution in [0.5, 0.6) is 0 Å². The van der Waals surface area contributed by atoms with Crippen LogP contribution in [0.2, 0.25) is 5.02 Å². The maximum absolute atomic E-state index is 13.0. The summed E-state index contributed by atoms with van der Waals surface area (Å²) in [6, 6.07) is 3.41. The van der Waals surface area contributed by atoms with E-state index in [1.165, 1.54) is 12.0 Å². The summed E-state index contributed by atoms with van der Waals surface area (Å²) < 4.78 is 4.92. The minimum absolute atomic E-state index is 0.247. The number of ether oxygens (including phenoxy) is 1. The number of benzene rings is 1. The average Bonchev–Trinajstić information content (AvgIpc) is 2.91. The number of halogens is 1. The first kappa shape index (κ1) is 21.6. The Labute approximate surface area is 176 Å². The number of aryl methyl sites for hydroxylation is 1. The highest BCUT2D eigenvalue weighted by Crippen LogP contribution is 2.48. The normalized spacial score (nSPS) is 17.7. The van der Waals surface area contributed by atoms with Crippen LogP contribution in [-0.2, 0) is 19.1 Å². The topological polar surface area (TPSA) is 63.7 Å². The lowest BCUT2D eigenvalue weighted by atomic mass is 9.93. The quantitative estimate of drug-likeness (QED) is 0.301. The maximum atomic E-state index is 13.0. The minimum atomic E-state index is -1.96. The van der Waals surface area contributed by atoms with Gasteiger partial charge in [-0.05, 0) is 75.3 Å². The smallest absolute Gasteiger partial charge is 0.338 e. The number of methoxy groups -OCH3 is 1. The van der Waals surface area contributed by atoms with Crippen molar-refractivity contribution >= 4 is 54.3 Å². The summed E-state index contributed by atoms with van der Waals surface area (Å²) in [5.74, 6) is -0.951. The molecule has 0 atom stereocenters. The summed E-state index contributed by atoms with van der Waals surface area (Å²) in [5, 5.41) is 0.881. The predicted molar refractivity (Wildman–Crippen MR) is 120 cm³/mol. The molecule has 0 spiro atoms. The number of rotatable bonds is 4. The van der Waals surface area contributed by atoms with Gasteiger partial charge in [0, 0.05) is 16.2 Å². The Morgan fingerprint density at radius 1 is 1.17 bits per heavy atom. The fraction of sp³-hybridized carbons (Fsp3) is 0.364. The molecule has 0 saturated carbocycles. The highest BCUT2D eigenvalue weighted by Gasteiger charge is 2.40. The van der Waals surface area contributed by atoms with Crippen molar-refractivity contribution in [3.05, 3.63) is 44.7 Å². The van der Waals surface area contributed by atoms with Crippen LogP contribution in [0.4, 0.5) is 5.69 Å². The molecule has 0 aromatic heterocycles. The summed E-state index contributed by atoms with van der Waals surface area (Å²) >= 11 is 6.44. The van der Waals surface area contributed by atoms with Gasteiger partial charge in [0.15, 0.2) is 0 Å². The Morgan fingerprint density at radius 2 is 1.72 bits per heavy atom. The SMILES string of the molecule is C=P(C)(C)/C(=C/c1cc(N2C(=O)C3=C(CCCC3)C2=O)c(C)cc1Cl)C(=O)OC. The Hall–Kier alpha value is -2.10. The van der Waals surface area contributed by atoms with Crippen LogP contribution in [-0.4, -0.2) is 44.5 Å². The summed E-state index contributed by atoms with van der Waals surface area (Å²) in [4.78, 5) is 39.4. The van der Waals surface area contributed by atoms with Crippen LogP contribution < -0.4 is 4.90 Å². The maximum Gasteiger partial charge on any atom is 0.338 e. The van der Waals surface area contributed by atoms with Crippen LogP contribution in [0.1, 0.15) is 36.8 Å². The lowest BCUT2D eigenvalue weighted by Crippen LogP contribution is -2.32. The van der Waals surface area contributed by atoms with Crippen molar-refractivity contribution in [2.45, 2.75) is 32.6 Å². The second-order valence-corrected chi connectivity index (χ2v) is 12.2. The molecule has 2 amide bonds. The fourth-order valence-corrected chi connectivity index (χ4v) is 5.07. The predicted octanol–water partition coefficient (Wildman–Crippen LogP) is 4.62. The van der Waals surface area contributed by atoms with Gasteiger partial charge in [-0.1, -0.05) is 24.8 Å². The molecule has 0 radical (unpaired) electrons. The highest BCUT2D eigenvalue weighted by atomic mass is 35.5. The molecule has 154 valence electrons. The van der Waals surface area contributed by atoms with Crippen molar-refractivity contribution in [2.75, 3.05) is 25.3 Å². The van der Waals surface area contributed by atoms with Crippen molar-refractivity contribution in [3.63, 3.8) is 0 Å². The van der Waals surface area contributed by atoms with Gasteiger partial charge in [0.25, 0.3) is 11.8 Å².